The Labute approximate surface area is 126 Å². The van der Waals surface area contributed by atoms with Gasteiger partial charge in [0.25, 0.3) is 0 Å². The van der Waals surface area contributed by atoms with Crippen LogP contribution in [0.4, 0.5) is 11.6 Å². The molecular weight excluding hydrogens is 266 g/mol. The van der Waals surface area contributed by atoms with Gasteiger partial charge in [0, 0.05) is 31.1 Å². The molecule has 0 aromatic carbocycles. The van der Waals surface area contributed by atoms with Gasteiger partial charge in [-0.2, -0.15) is 0 Å². The smallest absolute Gasteiger partial charge is 0.220 e. The van der Waals surface area contributed by atoms with E-state index in [9.17, 15) is 4.79 Å². The summed E-state index contributed by atoms with van der Waals surface area (Å²) >= 11 is 0. The summed E-state index contributed by atoms with van der Waals surface area (Å²) in [5.74, 6) is 1.87. The summed E-state index contributed by atoms with van der Waals surface area (Å²) in [5, 5.41) is 9.56. The number of rotatable bonds is 9. The third-order valence-electron chi connectivity index (χ3n) is 3.44. The number of aromatic nitrogens is 2. The second-order valence-corrected chi connectivity index (χ2v) is 5.49. The monoisotopic (exact) mass is 291 g/mol. The number of carbonyl (C=O) groups excluding carboxylic acids is 1. The summed E-state index contributed by atoms with van der Waals surface area (Å²) in [4.78, 5) is 20.1. The highest BCUT2D eigenvalue weighted by atomic mass is 16.1. The number of nitrogens with zero attached hydrogens (tertiary/aromatic N) is 2. The van der Waals surface area contributed by atoms with Gasteiger partial charge in [-0.25, -0.2) is 9.97 Å². The van der Waals surface area contributed by atoms with Crippen LogP contribution in [-0.4, -0.2) is 35.0 Å². The molecular formula is C15H25N5O. The largest absolute Gasteiger partial charge is 0.370 e. The molecule has 0 unspecified atom stereocenters. The number of anilines is 2. The Balaban J connectivity index is 1.73. The van der Waals surface area contributed by atoms with E-state index < -0.39 is 0 Å². The molecule has 116 valence electrons. The lowest BCUT2D eigenvalue weighted by Crippen LogP contribution is -2.25. The third-order valence-corrected chi connectivity index (χ3v) is 3.44. The van der Waals surface area contributed by atoms with E-state index in [-0.39, 0.29) is 5.91 Å². The zero-order valence-electron chi connectivity index (χ0n) is 12.9. The fourth-order valence-electron chi connectivity index (χ4n) is 2.03. The molecule has 1 aliphatic rings. The molecule has 0 atom stereocenters. The molecule has 3 N–H and O–H groups in total. The Morgan fingerprint density at radius 3 is 2.52 bits per heavy atom. The molecule has 0 radical (unpaired) electrons. The number of hydrogen-bond acceptors (Lipinski definition) is 5. The van der Waals surface area contributed by atoms with Crippen LogP contribution in [0.5, 0.6) is 0 Å². The second kappa shape index (κ2) is 7.81. The molecule has 1 aromatic rings. The highest BCUT2D eigenvalue weighted by Gasteiger charge is 2.22. The lowest BCUT2D eigenvalue weighted by molar-refractivity contribution is -0.121. The van der Waals surface area contributed by atoms with Crippen LogP contribution in [0.2, 0.25) is 0 Å². The first-order valence-electron chi connectivity index (χ1n) is 7.79. The van der Waals surface area contributed by atoms with Crippen LogP contribution in [0.15, 0.2) is 6.33 Å². The lowest BCUT2D eigenvalue weighted by Gasteiger charge is -2.12. The van der Waals surface area contributed by atoms with Crippen molar-refractivity contribution in [2.45, 2.75) is 52.0 Å². The number of carbonyl (C=O) groups is 1. The SMILES string of the molecule is CCCNc1ncnc(NCCCC(=O)NC2CC2)c1C. The molecule has 1 fully saturated rings. The maximum Gasteiger partial charge on any atom is 0.220 e. The Kier molecular flexibility index (Phi) is 5.78. The number of nitrogens with one attached hydrogen (secondary N) is 3. The molecule has 0 saturated heterocycles. The molecule has 1 aromatic heterocycles. The van der Waals surface area contributed by atoms with Crippen LogP contribution in [0, 0.1) is 6.92 Å². The Morgan fingerprint density at radius 2 is 1.90 bits per heavy atom. The van der Waals surface area contributed by atoms with E-state index in [1.807, 2.05) is 6.92 Å². The van der Waals surface area contributed by atoms with Gasteiger partial charge in [0.2, 0.25) is 5.91 Å². The molecule has 6 heteroatoms. The molecule has 1 aliphatic carbocycles. The Hall–Kier alpha value is -1.85. The minimum absolute atomic E-state index is 0.156. The van der Waals surface area contributed by atoms with Gasteiger partial charge in [-0.05, 0) is 32.6 Å². The Morgan fingerprint density at radius 1 is 1.24 bits per heavy atom. The number of amides is 1. The summed E-state index contributed by atoms with van der Waals surface area (Å²) < 4.78 is 0. The minimum Gasteiger partial charge on any atom is -0.370 e. The van der Waals surface area contributed by atoms with Crippen LogP contribution >= 0.6 is 0 Å². The summed E-state index contributed by atoms with van der Waals surface area (Å²) in [5.41, 5.74) is 1.02. The van der Waals surface area contributed by atoms with Crippen molar-refractivity contribution in [2.24, 2.45) is 0 Å². The fraction of sp³-hybridized carbons (Fsp3) is 0.667. The van der Waals surface area contributed by atoms with Crippen molar-refractivity contribution in [1.82, 2.24) is 15.3 Å². The summed E-state index contributed by atoms with van der Waals surface area (Å²) in [7, 11) is 0. The average molecular weight is 291 g/mol. The van der Waals surface area contributed by atoms with E-state index in [4.69, 9.17) is 0 Å². The van der Waals surface area contributed by atoms with Gasteiger partial charge < -0.3 is 16.0 Å². The van der Waals surface area contributed by atoms with E-state index in [1.54, 1.807) is 6.33 Å². The van der Waals surface area contributed by atoms with Crippen molar-refractivity contribution in [2.75, 3.05) is 23.7 Å². The van der Waals surface area contributed by atoms with Crippen molar-refractivity contribution in [3.63, 3.8) is 0 Å². The summed E-state index contributed by atoms with van der Waals surface area (Å²) in [6, 6.07) is 0.446. The predicted octanol–water partition coefficient (Wildman–Crippen LogP) is 2.08. The molecule has 0 spiro atoms. The van der Waals surface area contributed by atoms with Gasteiger partial charge in [-0.1, -0.05) is 6.92 Å². The van der Waals surface area contributed by atoms with Gasteiger partial charge in [-0.15, -0.1) is 0 Å². The van der Waals surface area contributed by atoms with Gasteiger partial charge in [0.1, 0.15) is 18.0 Å². The van der Waals surface area contributed by atoms with Crippen molar-refractivity contribution in [1.29, 1.82) is 0 Å². The van der Waals surface area contributed by atoms with Gasteiger partial charge in [-0.3, -0.25) is 4.79 Å². The average Bonchev–Trinajstić information content (AvgIpc) is 3.27. The standard InChI is InChI=1S/C15H25N5O/c1-3-8-16-14-11(2)15(19-10-18-14)17-9-4-5-13(21)20-12-6-7-12/h10,12H,3-9H2,1-2H3,(H,20,21)(H2,16,17,18,19). The zero-order chi connectivity index (χ0) is 15.1. The first-order valence-corrected chi connectivity index (χ1v) is 7.79. The number of hydrogen-bond donors (Lipinski definition) is 3. The van der Waals surface area contributed by atoms with Gasteiger partial charge in [0.15, 0.2) is 0 Å². The molecule has 1 amide bonds. The molecule has 6 nitrogen and oxygen atoms in total. The highest BCUT2D eigenvalue weighted by molar-refractivity contribution is 5.76. The van der Waals surface area contributed by atoms with Crippen molar-refractivity contribution < 1.29 is 4.79 Å². The molecule has 2 rings (SSSR count). The van der Waals surface area contributed by atoms with E-state index in [0.717, 1.165) is 56.0 Å². The normalized spacial score (nSPS) is 13.8. The fourth-order valence-corrected chi connectivity index (χ4v) is 2.03. The third kappa shape index (κ3) is 5.21. The Bertz CT molecular complexity index is 473. The molecule has 0 bridgehead atoms. The molecule has 1 heterocycles. The van der Waals surface area contributed by atoms with E-state index in [1.165, 1.54) is 0 Å². The van der Waals surface area contributed by atoms with Crippen LogP contribution in [0.1, 0.15) is 44.6 Å². The second-order valence-electron chi connectivity index (χ2n) is 5.49. The van der Waals surface area contributed by atoms with Crippen LogP contribution in [0.25, 0.3) is 0 Å². The van der Waals surface area contributed by atoms with Crippen LogP contribution < -0.4 is 16.0 Å². The van der Waals surface area contributed by atoms with Crippen LogP contribution in [-0.2, 0) is 4.79 Å². The zero-order valence-corrected chi connectivity index (χ0v) is 12.9. The van der Waals surface area contributed by atoms with Gasteiger partial charge >= 0.3 is 0 Å². The van der Waals surface area contributed by atoms with Crippen molar-refractivity contribution >= 4 is 17.5 Å². The molecule has 21 heavy (non-hydrogen) atoms. The van der Waals surface area contributed by atoms with Gasteiger partial charge in [0.05, 0.1) is 0 Å². The maximum atomic E-state index is 11.6. The topological polar surface area (TPSA) is 78.9 Å². The first kappa shape index (κ1) is 15.5. The molecule has 0 aliphatic heterocycles. The summed E-state index contributed by atoms with van der Waals surface area (Å²) in [6.07, 6.45) is 6.26. The van der Waals surface area contributed by atoms with Crippen LogP contribution in [0.3, 0.4) is 0 Å². The van der Waals surface area contributed by atoms with E-state index in [0.29, 0.717) is 12.5 Å². The highest BCUT2D eigenvalue weighted by Crippen LogP contribution is 2.19. The lowest BCUT2D eigenvalue weighted by atomic mass is 10.2. The summed E-state index contributed by atoms with van der Waals surface area (Å²) in [6.45, 7) is 5.76. The molecule has 1 saturated carbocycles. The predicted molar refractivity (Wildman–Crippen MR) is 84.4 cm³/mol. The van der Waals surface area contributed by atoms with Crippen molar-refractivity contribution in [3.8, 4) is 0 Å². The maximum absolute atomic E-state index is 11.6. The minimum atomic E-state index is 0.156. The van der Waals surface area contributed by atoms with Crippen molar-refractivity contribution in [3.05, 3.63) is 11.9 Å². The van der Waals surface area contributed by atoms with E-state index >= 15 is 0 Å². The quantitative estimate of drug-likeness (QED) is 0.607. The van der Waals surface area contributed by atoms with E-state index in [2.05, 4.69) is 32.8 Å². The first-order chi connectivity index (χ1) is 10.2.